The zero-order valence-electron chi connectivity index (χ0n) is 11.0. The Morgan fingerprint density at radius 1 is 1.07 bits per heavy atom. The van der Waals surface area contributed by atoms with Gasteiger partial charge in [0.15, 0.2) is 0 Å². The summed E-state index contributed by atoms with van der Waals surface area (Å²) in [6, 6.07) is 0.657. The van der Waals surface area contributed by atoms with Crippen molar-refractivity contribution in [2.24, 2.45) is 5.92 Å². The van der Waals surface area contributed by atoms with Gasteiger partial charge in [-0.2, -0.15) is 0 Å². The number of hydrogen-bond acceptors (Lipinski definition) is 2. The number of aliphatic hydroxyl groups is 1. The SMILES string of the molecule is CCC(CC)N(CCO)CCCC(C)C. The van der Waals surface area contributed by atoms with E-state index < -0.39 is 0 Å². The Hall–Kier alpha value is -0.0800. The first-order valence-electron chi connectivity index (χ1n) is 6.50. The Kier molecular flexibility index (Phi) is 9.12. The van der Waals surface area contributed by atoms with Crippen LogP contribution in [0.2, 0.25) is 0 Å². The first-order valence-corrected chi connectivity index (χ1v) is 6.50. The van der Waals surface area contributed by atoms with Crippen LogP contribution in [-0.2, 0) is 0 Å². The molecule has 0 spiro atoms. The summed E-state index contributed by atoms with van der Waals surface area (Å²) in [5.74, 6) is 0.794. The van der Waals surface area contributed by atoms with Gasteiger partial charge in [0.25, 0.3) is 0 Å². The number of rotatable bonds is 9. The summed E-state index contributed by atoms with van der Waals surface area (Å²) in [7, 11) is 0. The Morgan fingerprint density at radius 3 is 2.07 bits per heavy atom. The molecule has 0 atom stereocenters. The van der Waals surface area contributed by atoms with Crippen LogP contribution in [0.25, 0.3) is 0 Å². The molecule has 2 nitrogen and oxygen atoms in total. The Bertz CT molecular complexity index is 132. The molecule has 1 N–H and O–H groups in total. The van der Waals surface area contributed by atoms with E-state index in [0.717, 1.165) is 19.0 Å². The molecule has 0 amide bonds. The van der Waals surface area contributed by atoms with E-state index in [0.29, 0.717) is 6.04 Å². The van der Waals surface area contributed by atoms with Gasteiger partial charge in [0, 0.05) is 12.6 Å². The quantitative estimate of drug-likeness (QED) is 0.639. The lowest BCUT2D eigenvalue weighted by Gasteiger charge is -2.30. The molecule has 15 heavy (non-hydrogen) atoms. The van der Waals surface area contributed by atoms with Gasteiger partial charge >= 0.3 is 0 Å². The maximum absolute atomic E-state index is 9.04. The van der Waals surface area contributed by atoms with Gasteiger partial charge in [-0.05, 0) is 38.1 Å². The third-order valence-electron chi connectivity index (χ3n) is 3.07. The van der Waals surface area contributed by atoms with Gasteiger partial charge < -0.3 is 5.11 Å². The highest BCUT2D eigenvalue weighted by atomic mass is 16.3. The van der Waals surface area contributed by atoms with Crippen molar-refractivity contribution < 1.29 is 5.11 Å². The number of nitrogens with zero attached hydrogens (tertiary/aromatic N) is 1. The predicted molar refractivity (Wildman–Crippen MR) is 67.1 cm³/mol. The lowest BCUT2D eigenvalue weighted by atomic mass is 10.1. The van der Waals surface area contributed by atoms with E-state index >= 15 is 0 Å². The van der Waals surface area contributed by atoms with E-state index in [-0.39, 0.29) is 6.61 Å². The van der Waals surface area contributed by atoms with Crippen LogP contribution in [0.15, 0.2) is 0 Å². The van der Waals surface area contributed by atoms with E-state index in [1.165, 1.54) is 25.7 Å². The molecule has 0 bridgehead atoms. The molecule has 2 heteroatoms. The minimum absolute atomic E-state index is 0.290. The molecule has 0 radical (unpaired) electrons. The van der Waals surface area contributed by atoms with Crippen molar-refractivity contribution in [1.29, 1.82) is 0 Å². The van der Waals surface area contributed by atoms with E-state index in [9.17, 15) is 0 Å². The molecular formula is C13H29NO. The molecule has 0 rings (SSSR count). The van der Waals surface area contributed by atoms with Crippen LogP contribution in [0.4, 0.5) is 0 Å². The number of hydrogen-bond donors (Lipinski definition) is 1. The fourth-order valence-corrected chi connectivity index (χ4v) is 2.11. The summed E-state index contributed by atoms with van der Waals surface area (Å²) >= 11 is 0. The molecule has 0 aromatic rings. The highest BCUT2D eigenvalue weighted by Gasteiger charge is 2.13. The maximum Gasteiger partial charge on any atom is 0.0558 e. The second kappa shape index (κ2) is 9.17. The summed E-state index contributed by atoms with van der Waals surface area (Å²) in [6.07, 6.45) is 4.94. The Balaban J connectivity index is 3.91. The number of aliphatic hydroxyl groups excluding tert-OH is 1. The predicted octanol–water partition coefficient (Wildman–Crippen LogP) is 2.91. The Labute approximate surface area is 95.7 Å². The summed E-state index contributed by atoms with van der Waals surface area (Å²) < 4.78 is 0. The van der Waals surface area contributed by atoms with Gasteiger partial charge in [-0.1, -0.05) is 27.7 Å². The van der Waals surface area contributed by atoms with Crippen molar-refractivity contribution in [3.63, 3.8) is 0 Å². The van der Waals surface area contributed by atoms with Gasteiger partial charge in [-0.15, -0.1) is 0 Å². The monoisotopic (exact) mass is 215 g/mol. The second-order valence-corrected chi connectivity index (χ2v) is 4.77. The fourth-order valence-electron chi connectivity index (χ4n) is 2.11. The molecule has 0 saturated heterocycles. The first-order chi connectivity index (χ1) is 7.15. The lowest BCUT2D eigenvalue weighted by Crippen LogP contribution is -2.37. The van der Waals surface area contributed by atoms with Crippen molar-refractivity contribution in [2.75, 3.05) is 19.7 Å². The molecule has 0 aromatic heterocycles. The van der Waals surface area contributed by atoms with Gasteiger partial charge in [0.2, 0.25) is 0 Å². The maximum atomic E-state index is 9.04. The third-order valence-corrected chi connectivity index (χ3v) is 3.07. The summed E-state index contributed by atoms with van der Waals surface area (Å²) in [5.41, 5.74) is 0. The normalized spacial score (nSPS) is 12.0. The fraction of sp³-hybridized carbons (Fsp3) is 1.00. The molecule has 0 saturated carbocycles. The van der Waals surface area contributed by atoms with Crippen molar-refractivity contribution >= 4 is 0 Å². The Morgan fingerprint density at radius 2 is 1.67 bits per heavy atom. The second-order valence-electron chi connectivity index (χ2n) is 4.77. The average molecular weight is 215 g/mol. The molecule has 92 valence electrons. The van der Waals surface area contributed by atoms with Gasteiger partial charge in [-0.3, -0.25) is 4.90 Å². The average Bonchev–Trinajstić information content (AvgIpc) is 2.19. The lowest BCUT2D eigenvalue weighted by molar-refractivity contribution is 0.140. The smallest absolute Gasteiger partial charge is 0.0558 e. The van der Waals surface area contributed by atoms with E-state index in [1.54, 1.807) is 0 Å². The van der Waals surface area contributed by atoms with E-state index in [4.69, 9.17) is 5.11 Å². The standard InChI is InChI=1S/C13H29NO/c1-5-13(6-2)14(10-11-15)9-7-8-12(3)4/h12-13,15H,5-11H2,1-4H3. The molecule has 0 aliphatic rings. The largest absolute Gasteiger partial charge is 0.395 e. The van der Waals surface area contributed by atoms with Gasteiger partial charge in [0.1, 0.15) is 0 Å². The minimum Gasteiger partial charge on any atom is -0.395 e. The van der Waals surface area contributed by atoms with Crippen LogP contribution in [0.5, 0.6) is 0 Å². The summed E-state index contributed by atoms with van der Waals surface area (Å²) in [6.45, 7) is 11.3. The van der Waals surface area contributed by atoms with Crippen LogP contribution in [0, 0.1) is 5.92 Å². The topological polar surface area (TPSA) is 23.5 Å². The highest BCUT2D eigenvalue weighted by molar-refractivity contribution is 4.69. The summed E-state index contributed by atoms with van der Waals surface area (Å²) in [4.78, 5) is 2.45. The molecule has 0 unspecified atom stereocenters. The molecule has 0 fully saturated rings. The molecule has 0 aliphatic heterocycles. The van der Waals surface area contributed by atoms with Crippen molar-refractivity contribution in [3.8, 4) is 0 Å². The van der Waals surface area contributed by atoms with Crippen LogP contribution >= 0.6 is 0 Å². The van der Waals surface area contributed by atoms with Crippen LogP contribution in [0.1, 0.15) is 53.4 Å². The first kappa shape index (κ1) is 14.9. The van der Waals surface area contributed by atoms with Gasteiger partial charge in [0.05, 0.1) is 6.61 Å². The molecule has 0 heterocycles. The van der Waals surface area contributed by atoms with Crippen LogP contribution in [0.3, 0.4) is 0 Å². The molecular weight excluding hydrogens is 186 g/mol. The highest BCUT2D eigenvalue weighted by Crippen LogP contribution is 2.11. The zero-order chi connectivity index (χ0) is 11.7. The van der Waals surface area contributed by atoms with E-state index in [2.05, 4.69) is 32.6 Å². The van der Waals surface area contributed by atoms with Crippen LogP contribution in [-0.4, -0.2) is 35.7 Å². The van der Waals surface area contributed by atoms with Gasteiger partial charge in [-0.25, -0.2) is 0 Å². The minimum atomic E-state index is 0.290. The molecule has 0 aromatic carbocycles. The van der Waals surface area contributed by atoms with E-state index in [1.807, 2.05) is 0 Å². The van der Waals surface area contributed by atoms with Crippen molar-refractivity contribution in [2.45, 2.75) is 59.4 Å². The summed E-state index contributed by atoms with van der Waals surface area (Å²) in [5, 5.41) is 9.04. The van der Waals surface area contributed by atoms with Crippen LogP contribution < -0.4 is 0 Å². The third kappa shape index (κ3) is 6.91. The zero-order valence-corrected chi connectivity index (χ0v) is 11.0. The molecule has 0 aliphatic carbocycles. The van der Waals surface area contributed by atoms with Crippen molar-refractivity contribution in [3.05, 3.63) is 0 Å². The van der Waals surface area contributed by atoms with Crippen molar-refractivity contribution in [1.82, 2.24) is 4.90 Å².